The van der Waals surface area contributed by atoms with Gasteiger partial charge in [0.25, 0.3) is 0 Å². The quantitative estimate of drug-likeness (QED) is 0.0308. The van der Waals surface area contributed by atoms with Gasteiger partial charge in [0.15, 0.2) is 0 Å². The van der Waals surface area contributed by atoms with Crippen LogP contribution in [0, 0.1) is 0 Å². The molecule has 1 amide bonds. The van der Waals surface area contributed by atoms with Crippen molar-refractivity contribution in [2.75, 3.05) is 6.61 Å². The largest absolute Gasteiger partial charge is 0.394 e. The molecule has 4 unspecified atom stereocenters. The summed E-state index contributed by atoms with van der Waals surface area (Å²) in [5, 5.41) is 44.2. The summed E-state index contributed by atoms with van der Waals surface area (Å²) in [4.78, 5) is 12.6. The van der Waals surface area contributed by atoms with E-state index < -0.39 is 36.9 Å². The first-order valence-electron chi connectivity index (χ1n) is 34.4. The number of nitrogens with one attached hydrogen (secondary N) is 1. The number of amides is 1. The van der Waals surface area contributed by atoms with Crippen LogP contribution in [0.25, 0.3) is 0 Å². The lowest BCUT2D eigenvalue weighted by Gasteiger charge is -2.27. The minimum absolute atomic E-state index is 0.361. The van der Waals surface area contributed by atoms with Crippen molar-refractivity contribution in [1.29, 1.82) is 0 Å². The Morgan fingerprint density at radius 1 is 0.316 bits per heavy atom. The lowest BCUT2D eigenvalue weighted by atomic mass is 10.00. The summed E-state index contributed by atoms with van der Waals surface area (Å²) in [5.41, 5.74) is 0. The van der Waals surface area contributed by atoms with Gasteiger partial charge < -0.3 is 25.7 Å². The Bertz CT molecular complexity index is 1200. The van der Waals surface area contributed by atoms with Gasteiger partial charge in [-0.2, -0.15) is 0 Å². The SMILES string of the molecule is CCCCCCCCCCCCCC/C=C\CCCCCCCCCCCCCCCC(O)C(=O)NC(CO)C(O)C(O)CCC/C=C/CC/C=C/CCCCCCCCCCCCCCCCCCCCCCCC. The zero-order valence-electron chi connectivity index (χ0n) is 51.3. The third-order valence-corrected chi connectivity index (χ3v) is 16.3. The second-order valence-corrected chi connectivity index (χ2v) is 23.9. The average Bonchev–Trinajstić information content (AvgIpc) is 3.42. The minimum Gasteiger partial charge on any atom is -0.394 e. The molecule has 76 heavy (non-hydrogen) atoms. The molecule has 0 radical (unpaired) electrons. The van der Waals surface area contributed by atoms with Gasteiger partial charge in [0, 0.05) is 0 Å². The Morgan fingerprint density at radius 2 is 0.553 bits per heavy atom. The van der Waals surface area contributed by atoms with Crippen LogP contribution >= 0.6 is 0 Å². The number of allylic oxidation sites excluding steroid dienone is 6. The Labute approximate surface area is 475 Å². The number of carbonyl (C=O) groups excluding carboxylic acids is 1. The summed E-state index contributed by atoms with van der Waals surface area (Å²) in [5.74, 6) is -0.592. The lowest BCUT2D eigenvalue weighted by Crippen LogP contribution is -2.53. The average molecular weight is 1070 g/mol. The molecule has 0 aromatic rings. The van der Waals surface area contributed by atoms with Gasteiger partial charge in [0.2, 0.25) is 5.91 Å². The van der Waals surface area contributed by atoms with Crippen LogP contribution in [0.15, 0.2) is 36.5 Å². The maximum Gasteiger partial charge on any atom is 0.249 e. The first kappa shape index (κ1) is 74.5. The van der Waals surface area contributed by atoms with Crippen LogP contribution in [0.5, 0.6) is 0 Å². The number of rotatable bonds is 64. The van der Waals surface area contributed by atoms with Gasteiger partial charge in [-0.15, -0.1) is 0 Å². The van der Waals surface area contributed by atoms with Crippen LogP contribution in [0.1, 0.15) is 373 Å². The minimum atomic E-state index is -1.29. The summed E-state index contributed by atoms with van der Waals surface area (Å²) >= 11 is 0. The highest BCUT2D eigenvalue weighted by atomic mass is 16.3. The molecule has 4 atom stereocenters. The molecule has 6 nitrogen and oxygen atoms in total. The van der Waals surface area contributed by atoms with Gasteiger partial charge in [-0.1, -0.05) is 333 Å². The van der Waals surface area contributed by atoms with Crippen molar-refractivity contribution in [3.05, 3.63) is 36.5 Å². The monoisotopic (exact) mass is 1070 g/mol. The van der Waals surface area contributed by atoms with E-state index in [0.29, 0.717) is 19.3 Å². The molecule has 0 aliphatic carbocycles. The standard InChI is InChI=1S/C70H135NO5/c1-3-5-7-9-11-13-15-17-19-21-23-25-27-29-31-33-34-36-37-39-41-43-45-47-49-51-53-55-57-59-61-63-67(73)69(75)66(65-72)71-70(76)68(74)64-62-60-58-56-54-52-50-48-46-44-42-40-38-35-32-30-28-26-24-22-20-18-16-14-12-10-8-6-4-2/h30,32,47,49,55,57,66-69,72-75H,3-29,31,33-46,48,50-54,56,58-65H2,1-2H3,(H,71,76)/b32-30-,49-47+,57-55+. The molecule has 0 aromatic carbocycles. The molecule has 0 saturated carbocycles. The van der Waals surface area contributed by atoms with E-state index in [0.717, 1.165) is 38.5 Å². The van der Waals surface area contributed by atoms with Crippen LogP contribution in [0.4, 0.5) is 0 Å². The maximum atomic E-state index is 12.6. The smallest absolute Gasteiger partial charge is 0.249 e. The molecule has 0 saturated heterocycles. The summed E-state index contributed by atoms with van der Waals surface area (Å²) in [7, 11) is 0. The van der Waals surface area contributed by atoms with Gasteiger partial charge in [-0.05, 0) is 77.0 Å². The van der Waals surface area contributed by atoms with Gasteiger partial charge in [-0.3, -0.25) is 4.79 Å². The molecular formula is C70H135NO5. The van der Waals surface area contributed by atoms with Crippen LogP contribution in [-0.2, 0) is 4.79 Å². The third-order valence-electron chi connectivity index (χ3n) is 16.3. The van der Waals surface area contributed by atoms with E-state index in [1.807, 2.05) is 0 Å². The third kappa shape index (κ3) is 57.2. The Kier molecular flexibility index (Phi) is 63.1. The predicted molar refractivity (Wildman–Crippen MR) is 334 cm³/mol. The fraction of sp³-hybridized carbons (Fsp3) is 0.900. The summed E-state index contributed by atoms with van der Waals surface area (Å²) in [6, 6.07) is -1.01. The first-order valence-corrected chi connectivity index (χ1v) is 34.4. The Balaban J connectivity index is 3.60. The number of aliphatic hydroxyl groups excluding tert-OH is 4. The zero-order chi connectivity index (χ0) is 55.1. The summed E-state index contributed by atoms with van der Waals surface area (Å²) in [6.07, 6.45) is 82.7. The van der Waals surface area contributed by atoms with Crippen molar-refractivity contribution >= 4 is 5.91 Å². The molecule has 0 spiro atoms. The van der Waals surface area contributed by atoms with Crippen LogP contribution in [0.3, 0.4) is 0 Å². The first-order chi connectivity index (χ1) is 37.5. The van der Waals surface area contributed by atoms with Crippen molar-refractivity contribution in [2.24, 2.45) is 0 Å². The number of hydrogen-bond donors (Lipinski definition) is 5. The molecule has 6 heteroatoms. The van der Waals surface area contributed by atoms with E-state index >= 15 is 0 Å². The zero-order valence-corrected chi connectivity index (χ0v) is 51.3. The lowest BCUT2D eigenvalue weighted by molar-refractivity contribution is -0.132. The normalized spacial score (nSPS) is 13.7. The van der Waals surface area contributed by atoms with Gasteiger partial charge in [0.05, 0.1) is 18.8 Å². The molecule has 0 rings (SSSR count). The molecule has 0 fully saturated rings. The van der Waals surface area contributed by atoms with E-state index in [4.69, 9.17) is 0 Å². The molecule has 0 aliphatic rings. The molecule has 0 aromatic heterocycles. The Morgan fingerprint density at radius 3 is 0.829 bits per heavy atom. The van der Waals surface area contributed by atoms with Crippen LogP contribution in [-0.4, -0.2) is 57.3 Å². The summed E-state index contributed by atoms with van der Waals surface area (Å²) in [6.45, 7) is 4.09. The molecule has 0 bridgehead atoms. The van der Waals surface area contributed by atoms with Crippen molar-refractivity contribution < 1.29 is 25.2 Å². The molecule has 0 heterocycles. The maximum absolute atomic E-state index is 12.6. The van der Waals surface area contributed by atoms with E-state index in [9.17, 15) is 25.2 Å². The van der Waals surface area contributed by atoms with E-state index in [1.165, 1.54) is 302 Å². The van der Waals surface area contributed by atoms with E-state index in [-0.39, 0.29) is 0 Å². The van der Waals surface area contributed by atoms with Crippen LogP contribution in [0.2, 0.25) is 0 Å². The number of unbranched alkanes of at least 4 members (excludes halogenated alkanes) is 49. The molecular weight excluding hydrogens is 935 g/mol. The molecule has 0 aliphatic heterocycles. The van der Waals surface area contributed by atoms with Gasteiger partial charge in [0.1, 0.15) is 12.2 Å². The predicted octanol–water partition coefficient (Wildman–Crippen LogP) is 21.1. The van der Waals surface area contributed by atoms with E-state index in [1.54, 1.807) is 0 Å². The Hall–Kier alpha value is -1.47. The number of carbonyl (C=O) groups is 1. The fourth-order valence-corrected chi connectivity index (χ4v) is 11.0. The highest BCUT2D eigenvalue weighted by Crippen LogP contribution is 2.19. The second kappa shape index (κ2) is 64.4. The van der Waals surface area contributed by atoms with E-state index in [2.05, 4.69) is 55.6 Å². The van der Waals surface area contributed by atoms with Crippen molar-refractivity contribution in [3.63, 3.8) is 0 Å². The van der Waals surface area contributed by atoms with Gasteiger partial charge in [-0.25, -0.2) is 0 Å². The number of aliphatic hydroxyl groups is 4. The molecule has 5 N–H and O–H groups in total. The summed E-state index contributed by atoms with van der Waals surface area (Å²) < 4.78 is 0. The van der Waals surface area contributed by atoms with Crippen LogP contribution < -0.4 is 5.32 Å². The van der Waals surface area contributed by atoms with Gasteiger partial charge >= 0.3 is 0 Å². The highest BCUT2D eigenvalue weighted by molar-refractivity contribution is 5.80. The van der Waals surface area contributed by atoms with Crippen molar-refractivity contribution in [3.8, 4) is 0 Å². The van der Waals surface area contributed by atoms with Crippen molar-refractivity contribution in [2.45, 2.75) is 398 Å². The second-order valence-electron chi connectivity index (χ2n) is 23.9. The highest BCUT2D eigenvalue weighted by Gasteiger charge is 2.28. The molecule has 450 valence electrons. The number of hydrogen-bond acceptors (Lipinski definition) is 5. The fourth-order valence-electron chi connectivity index (χ4n) is 11.0. The topological polar surface area (TPSA) is 110 Å². The van der Waals surface area contributed by atoms with Crippen molar-refractivity contribution in [1.82, 2.24) is 5.32 Å².